The van der Waals surface area contributed by atoms with Crippen molar-refractivity contribution in [3.05, 3.63) is 66.1 Å². The number of anilines is 1. The molecule has 0 unspecified atom stereocenters. The molecule has 0 fully saturated rings. The minimum absolute atomic E-state index is 0.164. The van der Waals surface area contributed by atoms with Crippen molar-refractivity contribution in [2.75, 3.05) is 31.6 Å². The van der Waals surface area contributed by atoms with E-state index in [1.54, 1.807) is 24.3 Å². The largest absolute Gasteiger partial charge is 0.461 e. The molecule has 152 valence electrons. The van der Waals surface area contributed by atoms with Gasteiger partial charge in [0.05, 0.1) is 17.7 Å². The van der Waals surface area contributed by atoms with Crippen molar-refractivity contribution in [2.45, 2.75) is 20.3 Å². The lowest BCUT2D eigenvalue weighted by Crippen LogP contribution is -2.27. The monoisotopic (exact) mass is 394 g/mol. The van der Waals surface area contributed by atoms with Gasteiger partial charge in [-0.25, -0.2) is 9.78 Å². The van der Waals surface area contributed by atoms with Crippen LogP contribution in [0.2, 0.25) is 0 Å². The highest BCUT2D eigenvalue weighted by Gasteiger charge is 2.10. The second-order valence-corrected chi connectivity index (χ2v) is 6.66. The van der Waals surface area contributed by atoms with Crippen LogP contribution < -0.4 is 5.32 Å². The van der Waals surface area contributed by atoms with E-state index < -0.39 is 0 Å². The van der Waals surface area contributed by atoms with E-state index in [0.717, 1.165) is 25.3 Å². The number of benzene rings is 1. The lowest BCUT2D eigenvalue weighted by atomic mass is 10.2. The quantitative estimate of drug-likeness (QED) is 0.565. The third-order valence-electron chi connectivity index (χ3n) is 4.70. The number of esters is 1. The SMILES string of the molecule is CCN(CC)CCOC(=O)c1ccc(NC(=O)Cc2cn3ccccc3n2)cc1. The number of aromatic nitrogens is 2. The second-order valence-electron chi connectivity index (χ2n) is 6.66. The number of ether oxygens (including phenoxy) is 1. The highest BCUT2D eigenvalue weighted by molar-refractivity contribution is 5.93. The van der Waals surface area contributed by atoms with Gasteiger partial charge in [-0.15, -0.1) is 0 Å². The summed E-state index contributed by atoms with van der Waals surface area (Å²) in [5, 5.41) is 2.83. The van der Waals surface area contributed by atoms with E-state index in [0.29, 0.717) is 23.6 Å². The number of hydrogen-bond donors (Lipinski definition) is 1. The Bertz CT molecular complexity index is 929. The van der Waals surface area contributed by atoms with Crippen molar-refractivity contribution in [2.24, 2.45) is 0 Å². The van der Waals surface area contributed by atoms with Gasteiger partial charge in [0, 0.05) is 24.6 Å². The lowest BCUT2D eigenvalue weighted by Gasteiger charge is -2.17. The van der Waals surface area contributed by atoms with Crippen LogP contribution in [-0.2, 0) is 16.0 Å². The molecule has 0 radical (unpaired) electrons. The molecule has 1 aromatic carbocycles. The molecule has 2 heterocycles. The van der Waals surface area contributed by atoms with Crippen LogP contribution in [0.25, 0.3) is 5.65 Å². The smallest absolute Gasteiger partial charge is 0.338 e. The normalized spacial score (nSPS) is 11.0. The first-order valence-corrected chi connectivity index (χ1v) is 9.81. The summed E-state index contributed by atoms with van der Waals surface area (Å²) >= 11 is 0. The third-order valence-corrected chi connectivity index (χ3v) is 4.70. The molecule has 0 aliphatic heterocycles. The second kappa shape index (κ2) is 9.84. The van der Waals surface area contributed by atoms with Crippen LogP contribution >= 0.6 is 0 Å². The van der Waals surface area contributed by atoms with Gasteiger partial charge in [0.25, 0.3) is 0 Å². The standard InChI is InChI=1S/C22H26N4O3/c1-3-25(4-2)13-14-29-22(28)17-8-10-18(11-9-17)24-21(27)15-19-16-26-12-6-5-7-20(26)23-19/h5-12,16H,3-4,13-15H2,1-2H3,(H,24,27). The molecule has 0 atom stereocenters. The Labute approximate surface area is 170 Å². The summed E-state index contributed by atoms with van der Waals surface area (Å²) in [6.45, 7) is 7.09. The summed E-state index contributed by atoms with van der Waals surface area (Å²) in [6, 6.07) is 12.4. The summed E-state index contributed by atoms with van der Waals surface area (Å²) in [5.74, 6) is -0.525. The fraction of sp³-hybridized carbons (Fsp3) is 0.318. The maximum atomic E-state index is 12.3. The maximum Gasteiger partial charge on any atom is 0.338 e. The number of pyridine rings is 1. The zero-order valence-electron chi connectivity index (χ0n) is 16.8. The average molecular weight is 394 g/mol. The number of fused-ring (bicyclic) bond motifs is 1. The predicted octanol–water partition coefficient (Wildman–Crippen LogP) is 3.01. The Morgan fingerprint density at radius 3 is 2.55 bits per heavy atom. The molecule has 3 rings (SSSR count). The molecule has 0 saturated carbocycles. The van der Waals surface area contributed by atoms with E-state index >= 15 is 0 Å². The number of rotatable bonds is 9. The van der Waals surface area contributed by atoms with Crippen LogP contribution in [0.4, 0.5) is 5.69 Å². The molecular weight excluding hydrogens is 368 g/mol. The van der Waals surface area contributed by atoms with E-state index in [1.807, 2.05) is 35.0 Å². The fourth-order valence-corrected chi connectivity index (χ4v) is 3.02. The molecule has 0 saturated heterocycles. The molecule has 3 aromatic rings. The summed E-state index contributed by atoms with van der Waals surface area (Å²) in [4.78, 5) is 31.0. The first-order valence-electron chi connectivity index (χ1n) is 9.81. The van der Waals surface area contributed by atoms with Gasteiger partial charge in [-0.2, -0.15) is 0 Å². The van der Waals surface area contributed by atoms with Gasteiger partial charge < -0.3 is 19.4 Å². The molecule has 0 aliphatic rings. The van der Waals surface area contributed by atoms with Crippen LogP contribution in [0.3, 0.4) is 0 Å². The molecule has 1 amide bonds. The van der Waals surface area contributed by atoms with Crippen molar-refractivity contribution in [1.29, 1.82) is 0 Å². The Balaban J connectivity index is 1.50. The fourth-order valence-electron chi connectivity index (χ4n) is 3.02. The van der Waals surface area contributed by atoms with E-state index in [2.05, 4.69) is 29.0 Å². The highest BCUT2D eigenvalue weighted by Crippen LogP contribution is 2.12. The van der Waals surface area contributed by atoms with Crippen LogP contribution in [0.5, 0.6) is 0 Å². The Kier molecular flexibility index (Phi) is 6.97. The topological polar surface area (TPSA) is 75.9 Å². The minimum Gasteiger partial charge on any atom is -0.461 e. The van der Waals surface area contributed by atoms with Crippen molar-refractivity contribution >= 4 is 23.2 Å². The van der Waals surface area contributed by atoms with E-state index in [1.165, 1.54) is 0 Å². The molecule has 0 aliphatic carbocycles. The summed E-state index contributed by atoms with van der Waals surface area (Å²) in [5.41, 5.74) is 2.59. The number of hydrogen-bond acceptors (Lipinski definition) is 5. The van der Waals surface area contributed by atoms with Crippen molar-refractivity contribution in [1.82, 2.24) is 14.3 Å². The van der Waals surface area contributed by atoms with E-state index in [-0.39, 0.29) is 18.3 Å². The molecule has 1 N–H and O–H groups in total. The first kappa shape index (κ1) is 20.5. The van der Waals surface area contributed by atoms with Gasteiger partial charge in [0.2, 0.25) is 5.91 Å². The molecule has 7 heteroatoms. The molecule has 29 heavy (non-hydrogen) atoms. The van der Waals surface area contributed by atoms with Gasteiger partial charge in [-0.1, -0.05) is 19.9 Å². The third kappa shape index (κ3) is 5.65. The van der Waals surface area contributed by atoms with Gasteiger partial charge in [-0.05, 0) is 49.5 Å². The first-order chi connectivity index (χ1) is 14.1. The number of likely N-dealkylation sites (N-methyl/N-ethyl adjacent to an activating group) is 1. The van der Waals surface area contributed by atoms with Gasteiger partial charge in [0.1, 0.15) is 12.3 Å². The van der Waals surface area contributed by atoms with Crippen LogP contribution in [0, 0.1) is 0 Å². The highest BCUT2D eigenvalue weighted by atomic mass is 16.5. The number of carbonyl (C=O) groups excluding carboxylic acids is 2. The number of nitrogens with zero attached hydrogens (tertiary/aromatic N) is 3. The van der Waals surface area contributed by atoms with Crippen molar-refractivity contribution in [3.8, 4) is 0 Å². The molecule has 2 aromatic heterocycles. The molecule has 0 bridgehead atoms. The van der Waals surface area contributed by atoms with E-state index in [9.17, 15) is 9.59 Å². The van der Waals surface area contributed by atoms with Crippen LogP contribution in [-0.4, -0.2) is 52.4 Å². The zero-order valence-corrected chi connectivity index (χ0v) is 16.8. The average Bonchev–Trinajstić information content (AvgIpc) is 3.13. The molecular formula is C22H26N4O3. The van der Waals surface area contributed by atoms with Gasteiger partial charge in [0.15, 0.2) is 0 Å². The molecule has 7 nitrogen and oxygen atoms in total. The minimum atomic E-state index is -0.361. The maximum absolute atomic E-state index is 12.3. The number of imidazole rings is 1. The number of carbonyl (C=O) groups is 2. The van der Waals surface area contributed by atoms with Gasteiger partial charge in [-0.3, -0.25) is 4.79 Å². The van der Waals surface area contributed by atoms with Crippen molar-refractivity contribution in [3.63, 3.8) is 0 Å². The van der Waals surface area contributed by atoms with Gasteiger partial charge >= 0.3 is 5.97 Å². The Hall–Kier alpha value is -3.19. The van der Waals surface area contributed by atoms with Crippen molar-refractivity contribution < 1.29 is 14.3 Å². The zero-order chi connectivity index (χ0) is 20.6. The van der Waals surface area contributed by atoms with Crippen LogP contribution in [0.15, 0.2) is 54.9 Å². The summed E-state index contributed by atoms with van der Waals surface area (Å²) in [6.07, 6.45) is 3.91. The Morgan fingerprint density at radius 1 is 1.10 bits per heavy atom. The summed E-state index contributed by atoms with van der Waals surface area (Å²) in [7, 11) is 0. The van der Waals surface area contributed by atoms with E-state index in [4.69, 9.17) is 4.74 Å². The van der Waals surface area contributed by atoms with Crippen LogP contribution in [0.1, 0.15) is 29.9 Å². The number of nitrogens with one attached hydrogen (secondary N) is 1. The Morgan fingerprint density at radius 2 is 1.86 bits per heavy atom. The predicted molar refractivity (Wildman–Crippen MR) is 112 cm³/mol. The molecule has 0 spiro atoms. The lowest BCUT2D eigenvalue weighted by molar-refractivity contribution is -0.115. The number of amides is 1. The summed E-state index contributed by atoms with van der Waals surface area (Å²) < 4.78 is 7.19.